The first-order valence-electron chi connectivity index (χ1n) is 15.8. The first-order chi connectivity index (χ1) is 19.6. The van der Waals surface area contributed by atoms with Gasteiger partial charge in [0.2, 0.25) is 0 Å². The lowest BCUT2D eigenvalue weighted by molar-refractivity contribution is -0.192. The molecule has 3 unspecified atom stereocenters. The highest BCUT2D eigenvalue weighted by molar-refractivity contribution is 5.70. The average molecular weight is 565 g/mol. The molecule has 0 aromatic carbocycles. The molecule has 2 heterocycles. The van der Waals surface area contributed by atoms with Gasteiger partial charge in [-0.25, -0.2) is 4.79 Å². The molecule has 1 saturated carbocycles. The topological polar surface area (TPSA) is 92.7 Å². The van der Waals surface area contributed by atoms with Crippen LogP contribution in [0, 0.1) is 23.7 Å². The van der Waals surface area contributed by atoms with E-state index in [2.05, 4.69) is 29.9 Å². The predicted octanol–water partition coefficient (Wildman–Crippen LogP) is 5.33. The number of allylic oxidation sites excluding steroid dienone is 1. The number of fused-ring (bicyclic) bond motifs is 1. The zero-order chi connectivity index (χ0) is 28.2. The number of carbonyl (C=O) groups excluding carboxylic acids is 1. The molecule has 40 heavy (non-hydrogen) atoms. The molecule has 8 atom stereocenters. The van der Waals surface area contributed by atoms with Crippen LogP contribution < -0.4 is 0 Å². The minimum Gasteiger partial charge on any atom is -0.467 e. The van der Waals surface area contributed by atoms with E-state index in [9.17, 15) is 9.90 Å². The highest BCUT2D eigenvalue weighted by Crippen LogP contribution is 2.50. The second-order valence-corrected chi connectivity index (χ2v) is 11.9. The van der Waals surface area contributed by atoms with E-state index in [1.165, 1.54) is 25.5 Å². The molecular weight excluding hydrogens is 512 g/mol. The summed E-state index contributed by atoms with van der Waals surface area (Å²) in [5.74, 6) is 0.478. The molecule has 0 aromatic rings. The molecule has 8 heteroatoms. The van der Waals surface area contributed by atoms with Crippen molar-refractivity contribution < 1.29 is 38.3 Å². The van der Waals surface area contributed by atoms with Crippen molar-refractivity contribution in [1.29, 1.82) is 0 Å². The highest BCUT2D eigenvalue weighted by Gasteiger charge is 2.46. The first-order valence-corrected chi connectivity index (χ1v) is 15.8. The van der Waals surface area contributed by atoms with E-state index in [4.69, 9.17) is 23.7 Å². The maximum Gasteiger partial charge on any atom is 0.331 e. The third-order valence-electron chi connectivity index (χ3n) is 8.94. The van der Waals surface area contributed by atoms with Gasteiger partial charge in [0.05, 0.1) is 32.5 Å². The summed E-state index contributed by atoms with van der Waals surface area (Å²) < 4.78 is 35.2. The Morgan fingerprint density at radius 1 is 1.12 bits per heavy atom. The molecular formula is C32H52O8. The number of aliphatic hydroxyl groups excluding tert-OH is 1. The van der Waals surface area contributed by atoms with Crippen molar-refractivity contribution >= 4 is 5.97 Å². The zero-order valence-electron chi connectivity index (χ0n) is 24.7. The first kappa shape index (κ1) is 31.6. The Morgan fingerprint density at radius 3 is 2.58 bits per heavy atom. The number of aliphatic hydroxyl groups is 1. The van der Waals surface area contributed by atoms with Crippen LogP contribution in [-0.4, -0.2) is 76.0 Å². The van der Waals surface area contributed by atoms with Crippen LogP contribution in [0.1, 0.15) is 84.0 Å². The van der Waals surface area contributed by atoms with E-state index < -0.39 is 5.97 Å². The second kappa shape index (κ2) is 17.0. The standard InChI is InChI=1S/C32H52O8/c1-3-4-5-10-26(39-31-11-6-8-15-37-31)13-14-27-28-18-23(25(20-33)21-36-22-30(34)35-2)17-24(28)19-29(27)40-32-12-7-9-16-38-32/h13-14,18,24-29,31-33H,3-12,15-17,19-22H2,1-2H3/b14-13+/t24-,25?,26-,27+,28-,29+,31?,32?/m0/s1. The number of esters is 1. The van der Waals surface area contributed by atoms with E-state index in [0.29, 0.717) is 18.4 Å². The quantitative estimate of drug-likeness (QED) is 0.153. The smallest absolute Gasteiger partial charge is 0.331 e. The molecule has 0 aromatic heterocycles. The van der Waals surface area contributed by atoms with E-state index in [-0.39, 0.29) is 49.8 Å². The second-order valence-electron chi connectivity index (χ2n) is 11.9. The van der Waals surface area contributed by atoms with Gasteiger partial charge in [-0.05, 0) is 69.6 Å². The zero-order valence-corrected chi connectivity index (χ0v) is 24.7. The number of ether oxygens (including phenoxy) is 6. The van der Waals surface area contributed by atoms with E-state index in [1.807, 2.05) is 0 Å². The van der Waals surface area contributed by atoms with Gasteiger partial charge >= 0.3 is 5.97 Å². The third kappa shape index (κ3) is 9.36. The van der Waals surface area contributed by atoms with Gasteiger partial charge in [0.15, 0.2) is 12.6 Å². The van der Waals surface area contributed by atoms with Crippen LogP contribution in [0.15, 0.2) is 23.8 Å². The lowest BCUT2D eigenvalue weighted by Crippen LogP contribution is -2.31. The van der Waals surface area contributed by atoms with Crippen LogP contribution in [0.25, 0.3) is 0 Å². The van der Waals surface area contributed by atoms with Crippen molar-refractivity contribution in [2.45, 2.75) is 109 Å². The Balaban J connectivity index is 1.46. The van der Waals surface area contributed by atoms with Crippen LogP contribution in [-0.2, 0) is 33.2 Å². The highest BCUT2D eigenvalue weighted by atomic mass is 16.7. The molecule has 2 aliphatic carbocycles. The van der Waals surface area contributed by atoms with Gasteiger partial charge in [-0.15, -0.1) is 0 Å². The molecule has 0 spiro atoms. The summed E-state index contributed by atoms with van der Waals surface area (Å²) in [4.78, 5) is 11.5. The molecule has 4 aliphatic rings. The molecule has 228 valence electrons. The maximum absolute atomic E-state index is 11.5. The van der Waals surface area contributed by atoms with Crippen molar-refractivity contribution in [3.05, 3.63) is 23.8 Å². The number of methoxy groups -OCH3 is 1. The van der Waals surface area contributed by atoms with Crippen LogP contribution >= 0.6 is 0 Å². The van der Waals surface area contributed by atoms with Crippen LogP contribution in [0.2, 0.25) is 0 Å². The van der Waals surface area contributed by atoms with Crippen LogP contribution in [0.4, 0.5) is 0 Å². The van der Waals surface area contributed by atoms with Crippen molar-refractivity contribution in [1.82, 2.24) is 0 Å². The van der Waals surface area contributed by atoms with E-state index in [0.717, 1.165) is 77.4 Å². The summed E-state index contributed by atoms with van der Waals surface area (Å²) in [6.45, 7) is 3.99. The van der Waals surface area contributed by atoms with Crippen molar-refractivity contribution in [2.24, 2.45) is 23.7 Å². The molecule has 1 N–H and O–H groups in total. The number of hydrogen-bond acceptors (Lipinski definition) is 8. The molecule has 2 saturated heterocycles. The Kier molecular flexibility index (Phi) is 13.4. The molecule has 8 nitrogen and oxygen atoms in total. The molecule has 4 rings (SSSR count). The Bertz CT molecular complexity index is 801. The predicted molar refractivity (Wildman–Crippen MR) is 151 cm³/mol. The molecule has 0 radical (unpaired) electrons. The SMILES string of the molecule is CCCCC[C@@H](/C=C/[C@@H]1[C@H]2C=C(C(CO)COCC(=O)OC)C[C@H]2C[C@H]1OC1CCCCO1)OC1CCCCO1. The lowest BCUT2D eigenvalue weighted by Gasteiger charge is -2.30. The van der Waals surface area contributed by atoms with Gasteiger partial charge in [0.1, 0.15) is 6.61 Å². The monoisotopic (exact) mass is 564 g/mol. The minimum absolute atomic E-state index is 0.00245. The van der Waals surface area contributed by atoms with E-state index >= 15 is 0 Å². The molecule has 2 aliphatic heterocycles. The number of hydrogen-bond donors (Lipinski definition) is 1. The Hall–Kier alpha value is -1.29. The number of unbranched alkanes of at least 4 members (excludes halogenated alkanes) is 2. The molecule has 0 amide bonds. The van der Waals surface area contributed by atoms with Gasteiger partial charge in [0.25, 0.3) is 0 Å². The molecule has 3 fully saturated rings. The summed E-state index contributed by atoms with van der Waals surface area (Å²) in [5, 5.41) is 10.1. The minimum atomic E-state index is -0.404. The average Bonchev–Trinajstić information content (AvgIpc) is 3.52. The van der Waals surface area contributed by atoms with Crippen molar-refractivity contribution in [3.8, 4) is 0 Å². The summed E-state index contributed by atoms with van der Waals surface area (Å²) in [6, 6.07) is 0. The normalized spacial score (nSPS) is 32.1. The number of rotatable bonds is 16. The van der Waals surface area contributed by atoms with Gasteiger partial charge < -0.3 is 33.5 Å². The third-order valence-corrected chi connectivity index (χ3v) is 8.94. The van der Waals surface area contributed by atoms with E-state index in [1.54, 1.807) is 0 Å². The summed E-state index contributed by atoms with van der Waals surface area (Å²) in [6.07, 6.45) is 19.7. The number of carbonyl (C=O) groups is 1. The maximum atomic E-state index is 11.5. The van der Waals surface area contributed by atoms with Gasteiger partial charge in [-0.2, -0.15) is 0 Å². The summed E-state index contributed by atoms with van der Waals surface area (Å²) in [7, 11) is 1.35. The van der Waals surface area contributed by atoms with Crippen LogP contribution in [0.5, 0.6) is 0 Å². The van der Waals surface area contributed by atoms with Crippen molar-refractivity contribution in [3.63, 3.8) is 0 Å². The fourth-order valence-corrected chi connectivity index (χ4v) is 6.67. The molecule has 0 bridgehead atoms. The summed E-state index contributed by atoms with van der Waals surface area (Å²) >= 11 is 0. The fourth-order valence-electron chi connectivity index (χ4n) is 6.67. The largest absolute Gasteiger partial charge is 0.467 e. The van der Waals surface area contributed by atoms with Crippen LogP contribution in [0.3, 0.4) is 0 Å². The Morgan fingerprint density at radius 2 is 1.90 bits per heavy atom. The fraction of sp³-hybridized carbons (Fsp3) is 0.844. The van der Waals surface area contributed by atoms with Crippen molar-refractivity contribution in [2.75, 3.05) is 40.1 Å². The summed E-state index contributed by atoms with van der Waals surface area (Å²) in [5.41, 5.74) is 1.22. The van der Waals surface area contributed by atoms with Gasteiger partial charge in [0, 0.05) is 25.0 Å². The van der Waals surface area contributed by atoms with Gasteiger partial charge in [-0.3, -0.25) is 0 Å². The van der Waals surface area contributed by atoms with Gasteiger partial charge in [-0.1, -0.05) is 50.0 Å². The lowest BCUT2D eigenvalue weighted by atomic mass is 9.91. The Labute approximate surface area is 240 Å².